The number of aliphatic hydroxyl groups is 1. The van der Waals surface area contributed by atoms with Gasteiger partial charge in [0.2, 0.25) is 0 Å². The van der Waals surface area contributed by atoms with Crippen molar-refractivity contribution in [3.05, 3.63) is 29.8 Å². The molecule has 7 heteroatoms. The minimum absolute atomic E-state index is 0.00872. The zero-order chi connectivity index (χ0) is 20.4. The van der Waals surface area contributed by atoms with Crippen molar-refractivity contribution in [1.82, 2.24) is 10.6 Å². The normalized spacial score (nSPS) is 20.9. The molecule has 1 aliphatic carbocycles. The zero-order valence-corrected chi connectivity index (χ0v) is 17.1. The first-order valence-electron chi connectivity index (χ1n) is 10.1. The first-order valence-corrected chi connectivity index (χ1v) is 10.1. The molecule has 0 aromatic heterocycles. The van der Waals surface area contributed by atoms with Gasteiger partial charge < -0.3 is 25.2 Å². The van der Waals surface area contributed by atoms with Crippen molar-refractivity contribution in [3.8, 4) is 5.75 Å². The van der Waals surface area contributed by atoms with Crippen LogP contribution in [0.5, 0.6) is 5.75 Å². The van der Waals surface area contributed by atoms with Gasteiger partial charge in [0.05, 0.1) is 32.3 Å². The van der Waals surface area contributed by atoms with Gasteiger partial charge in [-0.1, -0.05) is 12.1 Å². The Balaban J connectivity index is 1.87. The average Bonchev–Trinajstić information content (AvgIpc) is 2.72. The first-order chi connectivity index (χ1) is 13.6. The number of nitrogens with zero attached hydrogens (tertiary/aromatic N) is 1. The van der Waals surface area contributed by atoms with Crippen LogP contribution in [0.15, 0.2) is 29.3 Å². The van der Waals surface area contributed by atoms with Crippen LogP contribution in [-0.4, -0.2) is 49.9 Å². The predicted molar refractivity (Wildman–Crippen MR) is 109 cm³/mol. The minimum Gasteiger partial charge on any atom is -0.497 e. The third-order valence-electron chi connectivity index (χ3n) is 4.96. The summed E-state index contributed by atoms with van der Waals surface area (Å²) >= 11 is 0. The molecule has 7 nitrogen and oxygen atoms in total. The standard InChI is InChI=1S/C21H33N3O4/c1-4-22-21(23-14-19(25)15-8-12-18(27-3)13-9-15)24-17-10-6-16(7-11-17)20(26)28-5-2/h8-9,12-13,16-17,19,25H,4-7,10-11,14H2,1-3H3,(H2,22,23,24). The Bertz CT molecular complexity index is 625. The number of carbonyl (C=O) groups excluding carboxylic acids is 1. The van der Waals surface area contributed by atoms with Crippen LogP contribution < -0.4 is 15.4 Å². The zero-order valence-electron chi connectivity index (χ0n) is 17.1. The molecular formula is C21H33N3O4. The van der Waals surface area contributed by atoms with E-state index in [1.807, 2.05) is 38.1 Å². The third kappa shape index (κ3) is 6.71. The summed E-state index contributed by atoms with van der Waals surface area (Å²) in [6, 6.07) is 7.61. The summed E-state index contributed by atoms with van der Waals surface area (Å²) < 4.78 is 10.3. The summed E-state index contributed by atoms with van der Waals surface area (Å²) in [5.74, 6) is 1.38. The Hall–Kier alpha value is -2.28. The monoisotopic (exact) mass is 391 g/mol. The summed E-state index contributed by atoms with van der Waals surface area (Å²) in [4.78, 5) is 16.4. The summed E-state index contributed by atoms with van der Waals surface area (Å²) in [5, 5.41) is 17.1. The molecule has 1 aliphatic rings. The van der Waals surface area contributed by atoms with Crippen LogP contribution in [0.4, 0.5) is 0 Å². The van der Waals surface area contributed by atoms with Gasteiger partial charge in [-0.3, -0.25) is 9.79 Å². The molecule has 0 heterocycles. The molecular weight excluding hydrogens is 358 g/mol. The SMILES string of the molecule is CCNC(=NCC(O)c1ccc(OC)cc1)NC1CCC(C(=O)OCC)CC1. The van der Waals surface area contributed by atoms with Gasteiger partial charge in [-0.2, -0.15) is 0 Å². The Morgan fingerprint density at radius 2 is 1.89 bits per heavy atom. The van der Waals surface area contributed by atoms with Crippen molar-refractivity contribution in [2.75, 3.05) is 26.8 Å². The van der Waals surface area contributed by atoms with E-state index in [1.165, 1.54) is 0 Å². The smallest absolute Gasteiger partial charge is 0.308 e. The van der Waals surface area contributed by atoms with Gasteiger partial charge in [0.15, 0.2) is 5.96 Å². The lowest BCUT2D eigenvalue weighted by atomic mass is 9.86. The molecule has 0 bridgehead atoms. The highest BCUT2D eigenvalue weighted by Gasteiger charge is 2.27. The van der Waals surface area contributed by atoms with E-state index < -0.39 is 6.10 Å². The molecule has 1 aromatic rings. The number of rotatable bonds is 8. The molecule has 1 atom stereocenters. The van der Waals surface area contributed by atoms with Crippen LogP contribution in [0.3, 0.4) is 0 Å². The Morgan fingerprint density at radius 3 is 2.46 bits per heavy atom. The number of methoxy groups -OCH3 is 1. The summed E-state index contributed by atoms with van der Waals surface area (Å²) in [7, 11) is 1.62. The van der Waals surface area contributed by atoms with Crippen LogP contribution in [0.1, 0.15) is 51.2 Å². The number of esters is 1. The molecule has 0 radical (unpaired) electrons. The molecule has 28 heavy (non-hydrogen) atoms. The fourth-order valence-electron chi connectivity index (χ4n) is 3.36. The van der Waals surface area contributed by atoms with Gasteiger partial charge in [0, 0.05) is 12.6 Å². The molecule has 0 spiro atoms. The number of ether oxygens (including phenoxy) is 2. The second kappa shape index (κ2) is 11.5. The van der Waals surface area contributed by atoms with Gasteiger partial charge in [-0.05, 0) is 57.2 Å². The highest BCUT2D eigenvalue weighted by Crippen LogP contribution is 2.25. The van der Waals surface area contributed by atoms with Crippen molar-refractivity contribution >= 4 is 11.9 Å². The molecule has 0 amide bonds. The summed E-state index contributed by atoms with van der Waals surface area (Å²) in [5.41, 5.74) is 0.801. The molecule has 1 fully saturated rings. The number of aliphatic hydroxyl groups excluding tert-OH is 1. The number of aliphatic imine (C=N–C) groups is 1. The van der Waals surface area contributed by atoms with Crippen molar-refractivity contribution < 1.29 is 19.4 Å². The maximum Gasteiger partial charge on any atom is 0.308 e. The maximum atomic E-state index is 11.9. The van der Waals surface area contributed by atoms with Gasteiger partial charge in [-0.15, -0.1) is 0 Å². The molecule has 2 rings (SSSR count). The van der Waals surface area contributed by atoms with Gasteiger partial charge in [0.25, 0.3) is 0 Å². The fraction of sp³-hybridized carbons (Fsp3) is 0.619. The van der Waals surface area contributed by atoms with Crippen molar-refractivity contribution in [2.45, 2.75) is 51.7 Å². The number of benzene rings is 1. The number of hydrogen-bond acceptors (Lipinski definition) is 5. The Labute approximate surface area is 167 Å². The highest BCUT2D eigenvalue weighted by atomic mass is 16.5. The van der Waals surface area contributed by atoms with Gasteiger partial charge in [0.1, 0.15) is 5.75 Å². The van der Waals surface area contributed by atoms with Crippen molar-refractivity contribution in [3.63, 3.8) is 0 Å². The Morgan fingerprint density at radius 1 is 1.21 bits per heavy atom. The van der Waals surface area contributed by atoms with E-state index in [1.54, 1.807) is 7.11 Å². The lowest BCUT2D eigenvalue weighted by molar-refractivity contribution is -0.149. The van der Waals surface area contributed by atoms with Gasteiger partial charge >= 0.3 is 5.97 Å². The maximum absolute atomic E-state index is 11.9. The van der Waals surface area contributed by atoms with E-state index in [9.17, 15) is 9.90 Å². The summed E-state index contributed by atoms with van der Waals surface area (Å²) in [6.45, 7) is 5.28. The molecule has 1 unspecified atom stereocenters. The number of carbonyl (C=O) groups is 1. The lowest BCUT2D eigenvalue weighted by Crippen LogP contribution is -2.45. The largest absolute Gasteiger partial charge is 0.497 e. The average molecular weight is 392 g/mol. The van der Waals surface area contributed by atoms with Crippen molar-refractivity contribution in [2.24, 2.45) is 10.9 Å². The van der Waals surface area contributed by atoms with E-state index in [2.05, 4.69) is 15.6 Å². The number of hydrogen-bond donors (Lipinski definition) is 3. The topological polar surface area (TPSA) is 92.2 Å². The quantitative estimate of drug-likeness (QED) is 0.358. The second-order valence-electron chi connectivity index (χ2n) is 6.95. The van der Waals surface area contributed by atoms with Crippen LogP contribution in [-0.2, 0) is 9.53 Å². The van der Waals surface area contributed by atoms with E-state index >= 15 is 0 Å². The first kappa shape index (κ1) is 22.0. The molecule has 156 valence electrons. The van der Waals surface area contributed by atoms with Crippen LogP contribution in [0.2, 0.25) is 0 Å². The van der Waals surface area contributed by atoms with Crippen molar-refractivity contribution in [1.29, 1.82) is 0 Å². The number of guanidine groups is 1. The third-order valence-corrected chi connectivity index (χ3v) is 4.96. The van der Waals surface area contributed by atoms with E-state index in [-0.39, 0.29) is 24.5 Å². The van der Waals surface area contributed by atoms with Crippen LogP contribution >= 0.6 is 0 Å². The van der Waals surface area contributed by atoms with Gasteiger partial charge in [-0.25, -0.2) is 0 Å². The van der Waals surface area contributed by atoms with E-state index in [0.29, 0.717) is 12.6 Å². The molecule has 0 aliphatic heterocycles. The molecule has 0 saturated heterocycles. The van der Waals surface area contributed by atoms with E-state index in [4.69, 9.17) is 9.47 Å². The highest BCUT2D eigenvalue weighted by molar-refractivity contribution is 5.80. The Kier molecular flexibility index (Phi) is 9.07. The molecule has 3 N–H and O–H groups in total. The minimum atomic E-state index is -0.680. The number of nitrogens with one attached hydrogen (secondary N) is 2. The molecule has 1 aromatic carbocycles. The lowest BCUT2D eigenvalue weighted by Gasteiger charge is -2.29. The summed E-state index contributed by atoms with van der Waals surface area (Å²) in [6.07, 6.45) is 2.76. The fourth-order valence-corrected chi connectivity index (χ4v) is 3.36. The second-order valence-corrected chi connectivity index (χ2v) is 6.95. The van der Waals surface area contributed by atoms with Crippen LogP contribution in [0, 0.1) is 5.92 Å². The van der Waals surface area contributed by atoms with Crippen LogP contribution in [0.25, 0.3) is 0 Å². The van der Waals surface area contributed by atoms with E-state index in [0.717, 1.165) is 43.5 Å². The predicted octanol–water partition coefficient (Wildman–Crippen LogP) is 2.41. The molecule has 1 saturated carbocycles.